The van der Waals surface area contributed by atoms with Crippen molar-refractivity contribution in [1.82, 2.24) is 0 Å². The fourth-order valence-corrected chi connectivity index (χ4v) is 2.74. The molecular formula is C16H22O3. The van der Waals surface area contributed by atoms with Gasteiger partial charge < -0.3 is 9.84 Å². The molecule has 3 nitrogen and oxygen atoms in total. The Morgan fingerprint density at radius 1 is 1.16 bits per heavy atom. The van der Waals surface area contributed by atoms with E-state index in [4.69, 9.17) is 9.84 Å². The molecule has 0 spiro atoms. The van der Waals surface area contributed by atoms with Crippen molar-refractivity contribution >= 4 is 5.97 Å². The van der Waals surface area contributed by atoms with E-state index in [2.05, 4.69) is 24.3 Å². The average molecular weight is 262 g/mol. The zero-order chi connectivity index (χ0) is 13.5. The molecule has 1 aromatic rings. The van der Waals surface area contributed by atoms with Crippen molar-refractivity contribution in [3.63, 3.8) is 0 Å². The van der Waals surface area contributed by atoms with Crippen LogP contribution in [0, 0.1) is 0 Å². The normalized spacial score (nSPS) is 16.4. The Balaban J connectivity index is 1.79. The Bertz CT molecular complexity index is 391. The molecule has 0 bridgehead atoms. The number of ether oxygens (including phenoxy) is 1. The van der Waals surface area contributed by atoms with E-state index in [1.807, 2.05) is 0 Å². The van der Waals surface area contributed by atoms with Crippen molar-refractivity contribution in [1.29, 1.82) is 0 Å². The van der Waals surface area contributed by atoms with Gasteiger partial charge in [-0.3, -0.25) is 0 Å². The summed E-state index contributed by atoms with van der Waals surface area (Å²) in [4.78, 5) is 10.3. The molecule has 1 aliphatic rings. The maximum atomic E-state index is 10.3. The second-order valence-electron chi connectivity index (χ2n) is 5.27. The summed E-state index contributed by atoms with van der Waals surface area (Å²) in [5.74, 6) is -0.168. The molecule has 0 aromatic heterocycles. The van der Waals surface area contributed by atoms with Crippen LogP contribution in [0.3, 0.4) is 0 Å². The summed E-state index contributed by atoms with van der Waals surface area (Å²) in [5.41, 5.74) is 2.67. The molecule has 1 N–H and O–H groups in total. The molecule has 0 aliphatic heterocycles. The van der Waals surface area contributed by atoms with E-state index >= 15 is 0 Å². The van der Waals surface area contributed by atoms with Crippen molar-refractivity contribution in [3.8, 4) is 0 Å². The van der Waals surface area contributed by atoms with Gasteiger partial charge in [0.15, 0.2) is 0 Å². The highest BCUT2D eigenvalue weighted by atomic mass is 16.5. The molecule has 1 fully saturated rings. The van der Waals surface area contributed by atoms with Crippen molar-refractivity contribution in [2.24, 2.45) is 0 Å². The summed E-state index contributed by atoms with van der Waals surface area (Å²) in [6.07, 6.45) is 7.51. The monoisotopic (exact) mass is 262 g/mol. The average Bonchev–Trinajstić information content (AvgIpc) is 2.45. The largest absolute Gasteiger partial charge is 0.480 e. The van der Waals surface area contributed by atoms with Crippen LogP contribution in [0.4, 0.5) is 0 Å². The third-order valence-corrected chi connectivity index (χ3v) is 3.82. The highest BCUT2D eigenvalue weighted by Crippen LogP contribution is 2.32. The van der Waals surface area contributed by atoms with Crippen LogP contribution in [-0.2, 0) is 16.0 Å². The van der Waals surface area contributed by atoms with Crippen molar-refractivity contribution in [2.45, 2.75) is 44.4 Å². The molecule has 19 heavy (non-hydrogen) atoms. The van der Waals surface area contributed by atoms with Crippen LogP contribution < -0.4 is 0 Å². The van der Waals surface area contributed by atoms with Gasteiger partial charge >= 0.3 is 5.97 Å². The van der Waals surface area contributed by atoms with Gasteiger partial charge in [0, 0.05) is 0 Å². The van der Waals surface area contributed by atoms with Crippen LogP contribution in [0.5, 0.6) is 0 Å². The fourth-order valence-electron chi connectivity index (χ4n) is 2.74. The summed E-state index contributed by atoms with van der Waals surface area (Å²) in [6, 6.07) is 8.74. The smallest absolute Gasteiger partial charge is 0.329 e. The minimum absolute atomic E-state index is 0.208. The van der Waals surface area contributed by atoms with Gasteiger partial charge in [0.05, 0.1) is 6.61 Å². The Morgan fingerprint density at radius 3 is 2.47 bits per heavy atom. The molecule has 0 heterocycles. The zero-order valence-electron chi connectivity index (χ0n) is 11.3. The maximum Gasteiger partial charge on any atom is 0.329 e. The summed E-state index contributed by atoms with van der Waals surface area (Å²) in [6.45, 7) is 0.259. The van der Waals surface area contributed by atoms with Gasteiger partial charge in [0.25, 0.3) is 0 Å². The predicted molar refractivity (Wildman–Crippen MR) is 74.4 cm³/mol. The van der Waals surface area contributed by atoms with E-state index in [1.165, 1.54) is 43.2 Å². The number of carbonyl (C=O) groups is 1. The highest BCUT2D eigenvalue weighted by molar-refractivity contribution is 5.67. The SMILES string of the molecule is O=C(O)COCCc1ccc(C2CCCCC2)cc1. The summed E-state index contributed by atoms with van der Waals surface area (Å²) >= 11 is 0. The van der Waals surface area contributed by atoms with Crippen LogP contribution in [-0.4, -0.2) is 24.3 Å². The van der Waals surface area contributed by atoms with E-state index in [9.17, 15) is 4.79 Å². The molecule has 0 unspecified atom stereocenters. The zero-order valence-corrected chi connectivity index (χ0v) is 11.3. The molecule has 3 heteroatoms. The van der Waals surface area contributed by atoms with Gasteiger partial charge in [0.2, 0.25) is 0 Å². The number of hydrogen-bond donors (Lipinski definition) is 1. The maximum absolute atomic E-state index is 10.3. The number of benzene rings is 1. The van der Waals surface area contributed by atoms with Gasteiger partial charge in [-0.25, -0.2) is 4.79 Å². The first-order valence-electron chi connectivity index (χ1n) is 7.14. The molecule has 0 radical (unpaired) electrons. The van der Waals surface area contributed by atoms with Crippen LogP contribution in [0.1, 0.15) is 49.1 Å². The van der Waals surface area contributed by atoms with Gasteiger partial charge in [0.1, 0.15) is 6.61 Å². The van der Waals surface area contributed by atoms with E-state index in [0.29, 0.717) is 6.61 Å². The van der Waals surface area contributed by atoms with Crippen LogP contribution in [0.25, 0.3) is 0 Å². The highest BCUT2D eigenvalue weighted by Gasteiger charge is 2.14. The molecule has 0 saturated heterocycles. The summed E-state index contributed by atoms with van der Waals surface area (Å²) in [5, 5.41) is 8.47. The first-order valence-corrected chi connectivity index (χ1v) is 7.14. The first kappa shape index (κ1) is 14.1. The molecule has 1 saturated carbocycles. The summed E-state index contributed by atoms with van der Waals surface area (Å²) in [7, 11) is 0. The third-order valence-electron chi connectivity index (χ3n) is 3.82. The standard InChI is InChI=1S/C16H22O3/c17-16(18)12-19-11-10-13-6-8-15(9-7-13)14-4-2-1-3-5-14/h6-9,14H,1-5,10-12H2,(H,17,18). The second-order valence-corrected chi connectivity index (χ2v) is 5.27. The number of aliphatic carboxylic acids is 1. The van der Waals surface area contributed by atoms with Gasteiger partial charge in [-0.05, 0) is 36.3 Å². The topological polar surface area (TPSA) is 46.5 Å². The summed E-state index contributed by atoms with van der Waals surface area (Å²) < 4.78 is 5.05. The quantitative estimate of drug-likeness (QED) is 0.799. The molecule has 1 aliphatic carbocycles. The molecule has 0 amide bonds. The number of carboxylic acid groups (broad SMARTS) is 1. The van der Waals surface area contributed by atoms with Crippen molar-refractivity contribution in [3.05, 3.63) is 35.4 Å². The van der Waals surface area contributed by atoms with Gasteiger partial charge in [-0.1, -0.05) is 43.5 Å². The Hall–Kier alpha value is -1.35. The number of hydrogen-bond acceptors (Lipinski definition) is 2. The molecule has 1 aromatic carbocycles. The van der Waals surface area contributed by atoms with E-state index < -0.39 is 5.97 Å². The van der Waals surface area contributed by atoms with Gasteiger partial charge in [-0.15, -0.1) is 0 Å². The van der Waals surface area contributed by atoms with Crippen molar-refractivity contribution < 1.29 is 14.6 Å². The van der Waals surface area contributed by atoms with E-state index in [-0.39, 0.29) is 6.61 Å². The predicted octanol–water partition coefficient (Wildman–Crippen LogP) is 3.38. The Kier molecular flexibility index (Phi) is 5.40. The van der Waals surface area contributed by atoms with E-state index in [1.54, 1.807) is 0 Å². The van der Waals surface area contributed by atoms with Crippen LogP contribution in [0.15, 0.2) is 24.3 Å². The minimum Gasteiger partial charge on any atom is -0.480 e. The van der Waals surface area contributed by atoms with Crippen LogP contribution in [0.2, 0.25) is 0 Å². The molecular weight excluding hydrogens is 240 g/mol. The van der Waals surface area contributed by atoms with Crippen molar-refractivity contribution in [2.75, 3.05) is 13.2 Å². The van der Waals surface area contributed by atoms with Gasteiger partial charge in [-0.2, -0.15) is 0 Å². The lowest BCUT2D eigenvalue weighted by atomic mass is 9.84. The van der Waals surface area contributed by atoms with E-state index in [0.717, 1.165) is 12.3 Å². The third kappa shape index (κ3) is 4.67. The number of carboxylic acids is 1. The number of rotatable bonds is 6. The van der Waals surface area contributed by atoms with Crippen LogP contribution >= 0.6 is 0 Å². The fraction of sp³-hybridized carbons (Fsp3) is 0.562. The lowest BCUT2D eigenvalue weighted by Gasteiger charge is -2.22. The molecule has 2 rings (SSSR count). The lowest BCUT2D eigenvalue weighted by Crippen LogP contribution is -2.09. The molecule has 104 valence electrons. The minimum atomic E-state index is -0.910. The Morgan fingerprint density at radius 2 is 1.84 bits per heavy atom. The Labute approximate surface area is 114 Å². The second kappa shape index (κ2) is 7.29. The molecule has 0 atom stereocenters. The lowest BCUT2D eigenvalue weighted by molar-refractivity contribution is -0.142. The first-order chi connectivity index (χ1) is 9.25.